The average molecular weight is 527 g/mol. The normalized spacial score (nSPS) is 14.1. The van der Waals surface area contributed by atoms with Crippen LogP contribution in [0, 0.1) is 18.2 Å². The van der Waals surface area contributed by atoms with Crippen LogP contribution in [-0.2, 0) is 17.9 Å². The van der Waals surface area contributed by atoms with Crippen LogP contribution in [0.4, 0.5) is 15.8 Å². The average Bonchev–Trinajstić information content (AvgIpc) is 3.56. The Bertz CT molecular complexity index is 1600. The van der Waals surface area contributed by atoms with Crippen LogP contribution in [0.3, 0.4) is 0 Å². The van der Waals surface area contributed by atoms with Gasteiger partial charge < -0.3 is 16.0 Å². The second-order valence-corrected chi connectivity index (χ2v) is 9.65. The van der Waals surface area contributed by atoms with Gasteiger partial charge in [0.15, 0.2) is 0 Å². The molecule has 0 saturated heterocycles. The zero-order chi connectivity index (χ0) is 26.6. The summed E-state index contributed by atoms with van der Waals surface area (Å²) in [6.07, 6.45) is 2.97. The number of carbonyl (C=O) groups excluding carboxylic acids is 1. The summed E-state index contributed by atoms with van der Waals surface area (Å²) in [6.45, 7) is 1.72. The lowest BCUT2D eigenvalue weighted by Gasteiger charge is -2.25. The summed E-state index contributed by atoms with van der Waals surface area (Å²) >= 11 is 1.60. The van der Waals surface area contributed by atoms with Crippen LogP contribution in [0.2, 0.25) is 0 Å². The van der Waals surface area contributed by atoms with E-state index < -0.39 is 5.82 Å². The number of amides is 1. The highest BCUT2D eigenvalue weighted by molar-refractivity contribution is 7.10. The molecule has 2 aromatic heterocycles. The molecular weight excluding hydrogens is 503 g/mol. The van der Waals surface area contributed by atoms with Crippen LogP contribution in [0.25, 0.3) is 16.0 Å². The number of nitrogens with one attached hydrogen (secondary N) is 3. The zero-order valence-electron chi connectivity index (χ0n) is 20.4. The smallest absolute Gasteiger partial charge is 0.256 e. The summed E-state index contributed by atoms with van der Waals surface area (Å²) < 4.78 is 16.2. The predicted octanol–water partition coefficient (Wildman–Crippen LogP) is 6.44. The maximum atomic E-state index is 14.7. The summed E-state index contributed by atoms with van der Waals surface area (Å²) in [4.78, 5) is 17.6. The van der Waals surface area contributed by atoms with Crippen molar-refractivity contribution in [2.24, 2.45) is 5.11 Å². The molecule has 3 heterocycles. The standard InChI is InChI=1S/C27H23FN8OS/c1-16-26(24(14-31-35-30)36(34-16)15-18-9-8-17(13-29)11-21(18)28)33-27(37)20-12-23(25-7-4-10-38-25)32-22-6-3-2-5-19(20)22/h2-13,23,29,32H,14-15H2,1H3,(H,33,37). The van der Waals surface area contributed by atoms with Gasteiger partial charge in [-0.2, -0.15) is 5.10 Å². The number of carbonyl (C=O) groups is 1. The van der Waals surface area contributed by atoms with E-state index >= 15 is 0 Å². The van der Waals surface area contributed by atoms with Crippen molar-refractivity contribution in [2.45, 2.75) is 26.1 Å². The molecule has 1 unspecified atom stereocenters. The highest BCUT2D eigenvalue weighted by Gasteiger charge is 2.26. The van der Waals surface area contributed by atoms with Crippen LogP contribution < -0.4 is 10.6 Å². The number of aromatic nitrogens is 2. The molecule has 0 aliphatic carbocycles. The summed E-state index contributed by atoms with van der Waals surface area (Å²) in [5.74, 6) is -0.803. The molecular formula is C27H23FN8OS. The summed E-state index contributed by atoms with van der Waals surface area (Å²) in [5, 5.41) is 24.0. The summed E-state index contributed by atoms with van der Waals surface area (Å²) in [5.41, 5.74) is 13.3. The SMILES string of the molecule is Cc1nn(Cc2ccc(C=N)cc2F)c(CN=[N+]=[N-])c1NC(=O)C1=CC(c2cccs2)Nc2ccccc21. The Kier molecular flexibility index (Phi) is 7.03. The Morgan fingerprint density at radius 3 is 2.89 bits per heavy atom. The van der Waals surface area contributed by atoms with Crippen molar-refractivity contribution in [3.63, 3.8) is 0 Å². The lowest BCUT2D eigenvalue weighted by Crippen LogP contribution is -2.21. The number of anilines is 2. The highest BCUT2D eigenvalue weighted by Crippen LogP contribution is 2.37. The Labute approximate surface area is 221 Å². The van der Waals surface area contributed by atoms with Gasteiger partial charge >= 0.3 is 0 Å². The minimum absolute atomic E-state index is 0.0625. The van der Waals surface area contributed by atoms with Crippen molar-refractivity contribution in [3.05, 3.63) is 115 Å². The molecule has 0 spiro atoms. The quantitative estimate of drug-likeness (QED) is 0.106. The van der Waals surface area contributed by atoms with Gasteiger partial charge in [-0.1, -0.05) is 41.5 Å². The molecule has 1 atom stereocenters. The number of halogens is 1. The number of rotatable bonds is 8. The fourth-order valence-electron chi connectivity index (χ4n) is 4.43. The van der Waals surface area contributed by atoms with Crippen LogP contribution >= 0.6 is 11.3 Å². The van der Waals surface area contributed by atoms with Crippen LogP contribution in [-0.4, -0.2) is 21.9 Å². The van der Waals surface area contributed by atoms with E-state index in [2.05, 4.69) is 25.8 Å². The van der Waals surface area contributed by atoms with Gasteiger partial charge in [0.05, 0.1) is 36.2 Å². The van der Waals surface area contributed by atoms with Crippen molar-refractivity contribution in [1.82, 2.24) is 9.78 Å². The number of thiophene rings is 1. The second-order valence-electron chi connectivity index (χ2n) is 8.67. The van der Waals surface area contributed by atoms with E-state index in [1.807, 2.05) is 47.9 Å². The third-order valence-electron chi connectivity index (χ3n) is 6.27. The van der Waals surface area contributed by atoms with Gasteiger partial charge in [-0.15, -0.1) is 11.3 Å². The lowest BCUT2D eigenvalue weighted by atomic mass is 9.95. The molecule has 11 heteroatoms. The number of benzene rings is 2. The lowest BCUT2D eigenvalue weighted by molar-refractivity contribution is -0.111. The Morgan fingerprint density at radius 2 is 2.16 bits per heavy atom. The third-order valence-corrected chi connectivity index (χ3v) is 7.23. The fraction of sp³-hybridized carbons (Fsp3) is 0.148. The molecule has 190 valence electrons. The number of aryl methyl sites for hydroxylation is 1. The Hall–Kier alpha value is -4.73. The van der Waals surface area contributed by atoms with E-state index in [0.29, 0.717) is 33.8 Å². The number of fused-ring (bicyclic) bond motifs is 1. The number of azide groups is 1. The van der Waals surface area contributed by atoms with E-state index in [4.69, 9.17) is 10.9 Å². The molecule has 0 bridgehead atoms. The first-order valence-electron chi connectivity index (χ1n) is 11.8. The predicted molar refractivity (Wildman–Crippen MR) is 147 cm³/mol. The first-order chi connectivity index (χ1) is 18.5. The second kappa shape index (κ2) is 10.7. The summed E-state index contributed by atoms with van der Waals surface area (Å²) in [6, 6.07) is 15.9. The molecule has 2 aromatic carbocycles. The molecule has 0 fully saturated rings. The molecule has 38 heavy (non-hydrogen) atoms. The molecule has 0 radical (unpaired) electrons. The molecule has 9 nitrogen and oxygen atoms in total. The maximum absolute atomic E-state index is 14.7. The number of hydrogen-bond acceptors (Lipinski definition) is 6. The van der Waals surface area contributed by atoms with Gasteiger partial charge in [-0.05, 0) is 47.7 Å². The van der Waals surface area contributed by atoms with Crippen LogP contribution in [0.15, 0.2) is 71.2 Å². The molecule has 4 aromatic rings. The number of para-hydroxylation sites is 1. The van der Waals surface area contributed by atoms with Crippen molar-refractivity contribution < 1.29 is 9.18 Å². The maximum Gasteiger partial charge on any atom is 0.256 e. The minimum atomic E-state index is -0.476. The van der Waals surface area contributed by atoms with Gasteiger partial charge in [-0.25, -0.2) is 4.39 Å². The zero-order valence-corrected chi connectivity index (χ0v) is 21.2. The van der Waals surface area contributed by atoms with E-state index in [1.165, 1.54) is 10.7 Å². The van der Waals surface area contributed by atoms with Crippen molar-refractivity contribution in [2.75, 3.05) is 10.6 Å². The Balaban J connectivity index is 1.50. The first kappa shape index (κ1) is 24.9. The molecule has 1 aliphatic heterocycles. The van der Waals surface area contributed by atoms with Gasteiger partial charge in [0, 0.05) is 38.4 Å². The minimum Gasteiger partial charge on any atom is -0.373 e. The van der Waals surface area contributed by atoms with E-state index in [9.17, 15) is 9.18 Å². The number of hydrogen-bond donors (Lipinski definition) is 3. The number of nitrogens with zero attached hydrogens (tertiary/aromatic N) is 5. The molecule has 1 amide bonds. The van der Waals surface area contributed by atoms with E-state index in [0.717, 1.165) is 22.3 Å². The topological polar surface area (TPSA) is 132 Å². The monoisotopic (exact) mass is 526 g/mol. The molecule has 5 rings (SSSR count). The first-order valence-corrected chi connectivity index (χ1v) is 12.6. The molecule has 3 N–H and O–H groups in total. The van der Waals surface area contributed by atoms with Gasteiger partial charge in [0.1, 0.15) is 5.82 Å². The van der Waals surface area contributed by atoms with Crippen molar-refractivity contribution in [1.29, 1.82) is 5.41 Å². The van der Waals surface area contributed by atoms with Gasteiger partial charge in [0.25, 0.3) is 5.91 Å². The van der Waals surface area contributed by atoms with E-state index in [-0.39, 0.29) is 25.0 Å². The van der Waals surface area contributed by atoms with Gasteiger partial charge in [0.2, 0.25) is 0 Å². The fourth-order valence-corrected chi connectivity index (χ4v) is 5.18. The molecule has 1 aliphatic rings. The van der Waals surface area contributed by atoms with Crippen molar-refractivity contribution in [3.8, 4) is 0 Å². The van der Waals surface area contributed by atoms with Crippen LogP contribution in [0.5, 0.6) is 0 Å². The van der Waals surface area contributed by atoms with Gasteiger partial charge in [-0.3, -0.25) is 9.48 Å². The third kappa shape index (κ3) is 4.93. The van der Waals surface area contributed by atoms with E-state index in [1.54, 1.807) is 30.4 Å². The Morgan fingerprint density at radius 1 is 1.32 bits per heavy atom. The molecule has 0 saturated carbocycles. The van der Waals surface area contributed by atoms with Crippen LogP contribution in [0.1, 0.15) is 39.0 Å². The summed E-state index contributed by atoms with van der Waals surface area (Å²) in [7, 11) is 0. The van der Waals surface area contributed by atoms with Crippen molar-refractivity contribution >= 4 is 40.4 Å². The largest absolute Gasteiger partial charge is 0.373 e. The highest BCUT2D eigenvalue weighted by atomic mass is 32.1.